The minimum Gasteiger partial charge on any atom is -0.485 e. The average Bonchev–Trinajstić information content (AvgIpc) is 3.05. The highest BCUT2D eigenvalue weighted by Crippen LogP contribution is 2.28. The van der Waals surface area contributed by atoms with Crippen LogP contribution in [0.5, 0.6) is 5.75 Å². The first-order valence-electron chi connectivity index (χ1n) is 10.2. The fourth-order valence-electron chi connectivity index (χ4n) is 3.42. The lowest BCUT2D eigenvalue weighted by Crippen LogP contribution is -2.24. The van der Waals surface area contributed by atoms with Crippen molar-refractivity contribution in [3.63, 3.8) is 0 Å². The summed E-state index contributed by atoms with van der Waals surface area (Å²) in [6.07, 6.45) is 3.23. The Morgan fingerprint density at radius 1 is 1.10 bits per heavy atom. The predicted molar refractivity (Wildman–Crippen MR) is 116 cm³/mol. The van der Waals surface area contributed by atoms with E-state index in [4.69, 9.17) is 4.74 Å². The smallest absolute Gasteiger partial charge is 0.290 e. The number of hydrogen-bond donors (Lipinski definition) is 2. The van der Waals surface area contributed by atoms with Gasteiger partial charge in [0.15, 0.2) is 5.75 Å². The maximum Gasteiger partial charge on any atom is 0.290 e. The monoisotopic (exact) mass is 394 g/mol. The number of carbonyl (C=O) groups is 1. The predicted octanol–water partition coefficient (Wildman–Crippen LogP) is 4.17. The van der Waals surface area contributed by atoms with Crippen LogP contribution in [0.2, 0.25) is 0 Å². The van der Waals surface area contributed by atoms with Gasteiger partial charge in [-0.2, -0.15) is 0 Å². The van der Waals surface area contributed by atoms with Gasteiger partial charge < -0.3 is 15.0 Å². The third kappa shape index (κ3) is 5.17. The summed E-state index contributed by atoms with van der Waals surface area (Å²) in [6.45, 7) is 10.3. The SMILES string of the molecule is CC(C)Oc1ccc(/C(=C\[C@H]2CCC(=O)N2)c2ccc(C(C)(C)C)cc2)[nH]c1=O. The summed E-state index contributed by atoms with van der Waals surface area (Å²) in [5.74, 6) is 0.364. The number of H-pyrrole nitrogens is 1. The highest BCUT2D eigenvalue weighted by molar-refractivity contribution is 5.82. The van der Waals surface area contributed by atoms with Crippen molar-refractivity contribution in [2.45, 2.75) is 65.0 Å². The lowest BCUT2D eigenvalue weighted by Gasteiger charge is -2.20. The number of rotatable bonds is 5. The van der Waals surface area contributed by atoms with E-state index in [-0.39, 0.29) is 29.0 Å². The number of hydrogen-bond acceptors (Lipinski definition) is 3. The van der Waals surface area contributed by atoms with Crippen molar-refractivity contribution in [3.8, 4) is 5.75 Å². The van der Waals surface area contributed by atoms with Crippen molar-refractivity contribution in [2.24, 2.45) is 0 Å². The summed E-state index contributed by atoms with van der Waals surface area (Å²) in [5, 5.41) is 2.98. The summed E-state index contributed by atoms with van der Waals surface area (Å²) >= 11 is 0. The van der Waals surface area contributed by atoms with Gasteiger partial charge in [0.05, 0.1) is 6.10 Å². The van der Waals surface area contributed by atoms with Gasteiger partial charge in [-0.05, 0) is 48.9 Å². The van der Waals surface area contributed by atoms with Gasteiger partial charge in [-0.1, -0.05) is 51.1 Å². The van der Waals surface area contributed by atoms with Gasteiger partial charge in [0.25, 0.3) is 5.56 Å². The Labute approximate surface area is 172 Å². The molecule has 2 aromatic rings. The fourth-order valence-corrected chi connectivity index (χ4v) is 3.42. The topological polar surface area (TPSA) is 71.2 Å². The molecule has 154 valence electrons. The number of aromatic amines is 1. The molecule has 3 rings (SSSR count). The Morgan fingerprint density at radius 3 is 2.31 bits per heavy atom. The van der Waals surface area contributed by atoms with Gasteiger partial charge in [0, 0.05) is 23.7 Å². The number of amides is 1. The van der Waals surface area contributed by atoms with E-state index in [2.05, 4.69) is 55.3 Å². The van der Waals surface area contributed by atoms with Crippen molar-refractivity contribution >= 4 is 11.5 Å². The molecule has 1 amide bonds. The third-order valence-corrected chi connectivity index (χ3v) is 4.98. The van der Waals surface area contributed by atoms with E-state index >= 15 is 0 Å². The van der Waals surface area contributed by atoms with Crippen LogP contribution < -0.4 is 15.6 Å². The second kappa shape index (κ2) is 8.27. The van der Waals surface area contributed by atoms with Gasteiger partial charge in [-0.15, -0.1) is 0 Å². The molecule has 0 aliphatic carbocycles. The van der Waals surface area contributed by atoms with E-state index in [1.807, 2.05) is 26.0 Å². The van der Waals surface area contributed by atoms with E-state index in [1.54, 1.807) is 6.07 Å². The molecule has 0 saturated carbocycles. The molecule has 1 fully saturated rings. The molecule has 0 bridgehead atoms. The summed E-state index contributed by atoms with van der Waals surface area (Å²) in [7, 11) is 0. The lowest BCUT2D eigenvalue weighted by atomic mass is 9.86. The van der Waals surface area contributed by atoms with Crippen molar-refractivity contribution in [1.29, 1.82) is 0 Å². The highest BCUT2D eigenvalue weighted by Gasteiger charge is 2.21. The number of benzene rings is 1. The summed E-state index contributed by atoms with van der Waals surface area (Å²) in [6, 6.07) is 11.9. The second-order valence-corrected chi connectivity index (χ2v) is 8.85. The van der Waals surface area contributed by atoms with Crippen LogP contribution in [0.25, 0.3) is 5.57 Å². The zero-order chi connectivity index (χ0) is 21.2. The molecule has 5 nitrogen and oxygen atoms in total. The summed E-state index contributed by atoms with van der Waals surface area (Å²) < 4.78 is 5.57. The van der Waals surface area contributed by atoms with Crippen molar-refractivity contribution < 1.29 is 9.53 Å². The van der Waals surface area contributed by atoms with E-state index in [1.165, 1.54) is 5.56 Å². The van der Waals surface area contributed by atoms with Crippen LogP contribution in [0.4, 0.5) is 0 Å². The van der Waals surface area contributed by atoms with Crippen LogP contribution in [-0.4, -0.2) is 23.0 Å². The van der Waals surface area contributed by atoms with Crippen LogP contribution >= 0.6 is 0 Å². The maximum atomic E-state index is 12.5. The number of carbonyl (C=O) groups excluding carboxylic acids is 1. The molecular weight excluding hydrogens is 364 g/mol. The molecule has 2 heterocycles. The molecular formula is C24H30N2O3. The van der Waals surface area contributed by atoms with Crippen molar-refractivity contribution in [2.75, 3.05) is 0 Å². The van der Waals surface area contributed by atoms with Crippen LogP contribution in [0.15, 0.2) is 47.3 Å². The molecule has 1 saturated heterocycles. The number of ether oxygens (including phenoxy) is 1. The zero-order valence-electron chi connectivity index (χ0n) is 17.8. The third-order valence-electron chi connectivity index (χ3n) is 4.98. The fraction of sp³-hybridized carbons (Fsp3) is 0.417. The van der Waals surface area contributed by atoms with Crippen molar-refractivity contribution in [3.05, 3.63) is 69.6 Å². The first kappa shape index (κ1) is 20.9. The Hall–Kier alpha value is -2.82. The van der Waals surface area contributed by atoms with Crippen molar-refractivity contribution in [1.82, 2.24) is 10.3 Å². The highest BCUT2D eigenvalue weighted by atomic mass is 16.5. The van der Waals surface area contributed by atoms with Crippen LogP contribution in [0.1, 0.15) is 64.3 Å². The lowest BCUT2D eigenvalue weighted by molar-refractivity contribution is -0.119. The van der Waals surface area contributed by atoms with E-state index in [0.29, 0.717) is 17.9 Å². The standard InChI is InChI=1S/C24H30N2O3/c1-15(2)29-21-12-11-20(26-23(21)28)19(14-18-10-13-22(27)25-18)16-6-8-17(9-7-16)24(3,4)5/h6-9,11-12,14-15,18H,10,13H2,1-5H3,(H,25,27)(H,26,28)/b19-14-/t18-/m1/s1. The minimum atomic E-state index is -0.260. The van der Waals surface area contributed by atoms with Crippen LogP contribution in [-0.2, 0) is 10.2 Å². The van der Waals surface area contributed by atoms with Gasteiger partial charge in [-0.25, -0.2) is 0 Å². The molecule has 1 atom stereocenters. The van der Waals surface area contributed by atoms with Crippen LogP contribution in [0.3, 0.4) is 0 Å². The Balaban J connectivity index is 2.02. The van der Waals surface area contributed by atoms with E-state index in [0.717, 1.165) is 17.6 Å². The van der Waals surface area contributed by atoms with Gasteiger partial charge in [-0.3, -0.25) is 9.59 Å². The molecule has 0 radical (unpaired) electrons. The summed E-state index contributed by atoms with van der Waals surface area (Å²) in [5.41, 5.74) is 3.63. The Kier molecular flexibility index (Phi) is 5.96. The molecule has 0 unspecified atom stereocenters. The maximum absolute atomic E-state index is 12.5. The molecule has 1 aromatic carbocycles. The summed E-state index contributed by atoms with van der Waals surface area (Å²) in [4.78, 5) is 27.1. The first-order chi connectivity index (χ1) is 13.6. The quantitative estimate of drug-likeness (QED) is 0.800. The number of nitrogens with one attached hydrogen (secondary N) is 2. The molecule has 1 aliphatic heterocycles. The molecule has 1 aromatic heterocycles. The van der Waals surface area contributed by atoms with Gasteiger partial charge in [0.1, 0.15) is 0 Å². The van der Waals surface area contributed by atoms with Crippen LogP contribution in [0, 0.1) is 0 Å². The minimum absolute atomic E-state index is 0.0464. The van der Waals surface area contributed by atoms with E-state index in [9.17, 15) is 9.59 Å². The Bertz CT molecular complexity index is 963. The van der Waals surface area contributed by atoms with Gasteiger partial charge >= 0.3 is 0 Å². The largest absolute Gasteiger partial charge is 0.485 e. The average molecular weight is 395 g/mol. The number of aromatic nitrogens is 1. The molecule has 1 aliphatic rings. The first-order valence-corrected chi connectivity index (χ1v) is 10.2. The zero-order valence-corrected chi connectivity index (χ0v) is 17.8. The van der Waals surface area contributed by atoms with E-state index < -0.39 is 0 Å². The molecule has 2 N–H and O–H groups in total. The normalized spacial score (nSPS) is 17.5. The number of pyridine rings is 1. The molecule has 29 heavy (non-hydrogen) atoms. The van der Waals surface area contributed by atoms with Gasteiger partial charge in [0.2, 0.25) is 5.91 Å². The molecule has 0 spiro atoms. The second-order valence-electron chi connectivity index (χ2n) is 8.85. The molecule has 5 heteroatoms. The Morgan fingerprint density at radius 2 is 1.79 bits per heavy atom.